The van der Waals surface area contributed by atoms with Gasteiger partial charge >= 0.3 is 5.63 Å². The number of fused-ring (bicyclic) bond motifs is 2. The highest BCUT2D eigenvalue weighted by Crippen LogP contribution is 2.22. The zero-order valence-corrected chi connectivity index (χ0v) is 10.0. The van der Waals surface area contributed by atoms with Crippen LogP contribution in [0.2, 0.25) is 0 Å². The summed E-state index contributed by atoms with van der Waals surface area (Å²) in [4.78, 5) is 25.9. The molecule has 3 aromatic rings. The second-order valence-corrected chi connectivity index (χ2v) is 4.06. The third kappa shape index (κ3) is 2.94. The Morgan fingerprint density at radius 2 is 1.72 bits per heavy atom. The van der Waals surface area contributed by atoms with Gasteiger partial charge in [0.05, 0.1) is 6.26 Å². The van der Waals surface area contributed by atoms with Gasteiger partial charge in [0.25, 0.3) is 0 Å². The summed E-state index contributed by atoms with van der Waals surface area (Å²) < 4.78 is 10.2. The third-order valence-electron chi connectivity index (χ3n) is 2.19. The van der Waals surface area contributed by atoms with Gasteiger partial charge in [-0.2, -0.15) is 0 Å². The molecule has 18 heavy (non-hydrogen) atoms. The summed E-state index contributed by atoms with van der Waals surface area (Å²) in [6.45, 7) is 0. The Labute approximate surface area is 102 Å². The van der Waals surface area contributed by atoms with Gasteiger partial charge in [0.2, 0.25) is 8.53 Å². The van der Waals surface area contributed by atoms with Crippen molar-refractivity contribution in [2.45, 2.75) is 0 Å². The molecule has 2 heterocycles. The van der Waals surface area contributed by atoms with Gasteiger partial charge in [-0.1, -0.05) is 0 Å². The van der Waals surface area contributed by atoms with Crippen molar-refractivity contribution < 1.29 is 18.6 Å². The first-order valence-electron chi connectivity index (χ1n) is 4.90. The molecule has 0 aliphatic carbocycles. The molecule has 0 saturated carbocycles. The van der Waals surface area contributed by atoms with Crippen molar-refractivity contribution in [1.82, 2.24) is 0 Å². The van der Waals surface area contributed by atoms with Crippen LogP contribution in [-0.4, -0.2) is 9.79 Å². The highest BCUT2D eigenvalue weighted by atomic mass is 31.2. The molecule has 0 bridgehead atoms. The van der Waals surface area contributed by atoms with E-state index in [1.807, 2.05) is 12.1 Å². The molecule has 2 aromatic heterocycles. The van der Waals surface area contributed by atoms with E-state index < -0.39 is 8.53 Å². The number of furan rings is 1. The Kier molecular flexibility index (Phi) is 3.74. The summed E-state index contributed by atoms with van der Waals surface area (Å²) in [5, 5.41) is 1.91. The average Bonchev–Trinajstić information content (AvgIpc) is 2.72. The van der Waals surface area contributed by atoms with E-state index in [9.17, 15) is 4.79 Å². The normalized spacial score (nSPS) is 10.7. The molecule has 0 unspecified atom stereocenters. The fourth-order valence-corrected chi connectivity index (χ4v) is 1.53. The first-order valence-corrected chi connectivity index (χ1v) is 6.21. The minimum atomic E-state index is -2.12. The molecule has 0 spiro atoms. The topological polar surface area (TPSA) is 110 Å². The van der Waals surface area contributed by atoms with Gasteiger partial charge in [-0.05, 0) is 18.2 Å². The summed E-state index contributed by atoms with van der Waals surface area (Å²) in [6.07, 6.45) is 1.61. The van der Waals surface area contributed by atoms with Gasteiger partial charge < -0.3 is 18.6 Å². The van der Waals surface area contributed by atoms with Crippen molar-refractivity contribution in [3.8, 4) is 0 Å². The molecule has 7 heteroatoms. The second-order valence-electron chi connectivity index (χ2n) is 3.42. The quantitative estimate of drug-likeness (QED) is 0.422. The molecular weight excluding hydrogens is 257 g/mol. The molecule has 94 valence electrons. The van der Waals surface area contributed by atoms with E-state index in [0.29, 0.717) is 5.58 Å². The second kappa shape index (κ2) is 5.29. The largest absolute Gasteiger partial charge is 0.464 e. The van der Waals surface area contributed by atoms with Crippen LogP contribution in [0.15, 0.2) is 50.2 Å². The van der Waals surface area contributed by atoms with E-state index in [4.69, 9.17) is 18.6 Å². The Bertz CT molecular complexity index is 715. The maximum absolute atomic E-state index is 11.0. The lowest BCUT2D eigenvalue weighted by Gasteiger charge is -1.94. The molecule has 0 saturated heterocycles. The molecule has 3 rings (SSSR count). The summed E-state index contributed by atoms with van der Waals surface area (Å²) in [6, 6.07) is 8.69. The molecule has 0 amide bonds. The first-order chi connectivity index (χ1) is 8.56. The summed E-state index contributed by atoms with van der Waals surface area (Å²) >= 11 is 0. The number of rotatable bonds is 0. The zero-order chi connectivity index (χ0) is 13.1. The minimum absolute atomic E-state index is 0.344. The molecule has 6 nitrogen and oxygen atoms in total. The molecule has 0 radical (unpaired) electrons. The van der Waals surface area contributed by atoms with Gasteiger partial charge in [-0.3, -0.25) is 5.50 Å². The predicted molar refractivity (Wildman–Crippen MR) is 67.8 cm³/mol. The van der Waals surface area contributed by atoms with Crippen LogP contribution >= 0.6 is 8.53 Å². The first kappa shape index (κ1) is 12.7. The summed E-state index contributed by atoms with van der Waals surface area (Å²) in [5.41, 5.74) is 5.23. The van der Waals surface area contributed by atoms with Crippen molar-refractivity contribution in [2.24, 2.45) is 5.50 Å². The summed E-state index contributed by atoms with van der Waals surface area (Å²) in [5.74, 6) is 0. The monoisotopic (exact) mass is 267 g/mol. The van der Waals surface area contributed by atoms with Crippen molar-refractivity contribution in [2.75, 3.05) is 0 Å². The van der Waals surface area contributed by atoms with Crippen LogP contribution in [0.4, 0.5) is 0 Å². The van der Waals surface area contributed by atoms with Crippen LogP contribution < -0.4 is 11.1 Å². The number of hydrogen-bond acceptors (Lipinski definition) is 6. The van der Waals surface area contributed by atoms with E-state index in [1.54, 1.807) is 18.4 Å². The lowest BCUT2D eigenvalue weighted by Crippen LogP contribution is -1.93. The molecule has 0 fully saturated rings. The SMILES string of the molecule is NP(O)O.O=c1ccc2cc3ccoc3cc2o1. The van der Waals surface area contributed by atoms with Gasteiger partial charge in [-0.15, -0.1) is 0 Å². The van der Waals surface area contributed by atoms with Crippen LogP contribution in [0.1, 0.15) is 0 Å². The smallest absolute Gasteiger partial charge is 0.336 e. The maximum atomic E-state index is 11.0. The Morgan fingerprint density at radius 1 is 1.06 bits per heavy atom. The fourth-order valence-electron chi connectivity index (χ4n) is 1.53. The molecule has 0 aliphatic heterocycles. The van der Waals surface area contributed by atoms with Crippen molar-refractivity contribution >= 4 is 30.5 Å². The van der Waals surface area contributed by atoms with E-state index in [0.717, 1.165) is 16.4 Å². The van der Waals surface area contributed by atoms with Crippen molar-refractivity contribution in [3.05, 3.63) is 47.0 Å². The van der Waals surface area contributed by atoms with Crippen LogP contribution in [0.3, 0.4) is 0 Å². The Balaban J connectivity index is 0.000000267. The van der Waals surface area contributed by atoms with Gasteiger partial charge in [-0.25, -0.2) is 4.79 Å². The van der Waals surface area contributed by atoms with E-state index in [1.165, 1.54) is 6.07 Å². The van der Waals surface area contributed by atoms with Crippen LogP contribution in [0.5, 0.6) is 0 Å². The molecular formula is C11H10NO5P. The maximum Gasteiger partial charge on any atom is 0.336 e. The van der Waals surface area contributed by atoms with Gasteiger partial charge in [0, 0.05) is 22.9 Å². The average molecular weight is 267 g/mol. The van der Waals surface area contributed by atoms with Gasteiger partial charge in [0.15, 0.2) is 0 Å². The molecule has 1 aromatic carbocycles. The van der Waals surface area contributed by atoms with Gasteiger partial charge in [0.1, 0.15) is 11.2 Å². The number of nitrogens with two attached hydrogens (primary N) is 1. The van der Waals surface area contributed by atoms with Crippen LogP contribution in [0, 0.1) is 0 Å². The fraction of sp³-hybridized carbons (Fsp3) is 0. The molecule has 4 N–H and O–H groups in total. The highest BCUT2D eigenvalue weighted by molar-refractivity contribution is 7.42. The Hall–Kier alpha value is -1.72. The van der Waals surface area contributed by atoms with Crippen molar-refractivity contribution in [1.29, 1.82) is 0 Å². The van der Waals surface area contributed by atoms with Crippen LogP contribution in [0.25, 0.3) is 21.9 Å². The lowest BCUT2D eigenvalue weighted by atomic mass is 10.2. The van der Waals surface area contributed by atoms with Crippen molar-refractivity contribution in [3.63, 3.8) is 0 Å². The number of hydrogen-bond donors (Lipinski definition) is 3. The van der Waals surface area contributed by atoms with E-state index in [-0.39, 0.29) is 5.63 Å². The predicted octanol–water partition coefficient (Wildman–Crippen LogP) is 1.70. The third-order valence-corrected chi connectivity index (χ3v) is 2.19. The lowest BCUT2D eigenvalue weighted by molar-refractivity contribution is 0.485. The number of benzene rings is 1. The standard InChI is InChI=1S/C11H6O3.H4NO2P/c12-11-2-1-7-5-8-3-4-13-9(8)6-10(7)14-11;1-4(2)3/h1-6H;2-3H,1H2. The highest BCUT2D eigenvalue weighted by Gasteiger charge is 2.01. The van der Waals surface area contributed by atoms with E-state index >= 15 is 0 Å². The van der Waals surface area contributed by atoms with E-state index in [2.05, 4.69) is 5.50 Å². The molecule has 0 aliphatic rings. The molecule has 0 atom stereocenters. The minimum Gasteiger partial charge on any atom is -0.464 e. The van der Waals surface area contributed by atoms with Crippen LogP contribution in [-0.2, 0) is 0 Å². The Morgan fingerprint density at radius 3 is 2.44 bits per heavy atom. The summed E-state index contributed by atoms with van der Waals surface area (Å²) in [7, 11) is -2.12. The zero-order valence-electron chi connectivity index (χ0n) is 9.11.